The summed E-state index contributed by atoms with van der Waals surface area (Å²) in [5.41, 5.74) is 0.993. The highest BCUT2D eigenvalue weighted by Gasteiger charge is 2.59. The van der Waals surface area contributed by atoms with Crippen molar-refractivity contribution in [3.05, 3.63) is 29.8 Å². The lowest BCUT2D eigenvalue weighted by Gasteiger charge is -2.28. The molecule has 1 aromatic rings. The Balaban J connectivity index is 1.98. The Labute approximate surface area is 173 Å². The number of benzene rings is 1. The van der Waals surface area contributed by atoms with E-state index in [0.717, 1.165) is 16.1 Å². The van der Waals surface area contributed by atoms with Gasteiger partial charge in [0.1, 0.15) is 0 Å². The molecule has 2 fully saturated rings. The summed E-state index contributed by atoms with van der Waals surface area (Å²) in [4.78, 5) is 15.0. The van der Waals surface area contributed by atoms with Crippen LogP contribution in [0.2, 0.25) is 0 Å². The quantitative estimate of drug-likeness (QED) is 0.650. The van der Waals surface area contributed by atoms with Crippen LogP contribution in [0.15, 0.2) is 29.2 Å². The zero-order valence-corrected chi connectivity index (χ0v) is 19.1. The predicted molar refractivity (Wildman–Crippen MR) is 110 cm³/mol. The van der Waals surface area contributed by atoms with E-state index in [1.807, 2.05) is 32.8 Å². The van der Waals surface area contributed by atoms with E-state index < -0.39 is 44.0 Å². The van der Waals surface area contributed by atoms with Crippen LogP contribution in [0.25, 0.3) is 0 Å². The fraction of sp³-hybridized carbons (Fsp3) is 0.632. The molecule has 0 saturated carbocycles. The maximum absolute atomic E-state index is 13.4. The van der Waals surface area contributed by atoms with E-state index in [4.69, 9.17) is 0 Å². The zero-order chi connectivity index (χ0) is 21.7. The van der Waals surface area contributed by atoms with Gasteiger partial charge in [-0.1, -0.05) is 26.0 Å². The van der Waals surface area contributed by atoms with Crippen LogP contribution in [0.3, 0.4) is 0 Å². The SMILES string of the molecule is CC(C)[C@H]1C(=O)N(S(C)(=O)=O)[C@H]2CCN(S(=O)(=O)c3ccc(CN(C)C)cc3)[C@H]12. The average molecular weight is 444 g/mol. The first-order chi connectivity index (χ1) is 13.4. The molecule has 2 saturated heterocycles. The predicted octanol–water partition coefficient (Wildman–Crippen LogP) is 0.954. The molecule has 1 amide bonds. The van der Waals surface area contributed by atoms with E-state index in [9.17, 15) is 21.6 Å². The summed E-state index contributed by atoms with van der Waals surface area (Å²) < 4.78 is 53.5. The Hall–Kier alpha value is -1.49. The fourth-order valence-corrected chi connectivity index (χ4v) is 7.40. The largest absolute Gasteiger partial charge is 0.305 e. The monoisotopic (exact) mass is 443 g/mol. The Bertz CT molecular complexity index is 987. The number of sulfonamides is 2. The summed E-state index contributed by atoms with van der Waals surface area (Å²) in [6.45, 7) is 4.54. The lowest BCUT2D eigenvalue weighted by molar-refractivity contribution is -0.129. The van der Waals surface area contributed by atoms with Crippen molar-refractivity contribution < 1.29 is 21.6 Å². The van der Waals surface area contributed by atoms with Gasteiger partial charge in [0.2, 0.25) is 26.0 Å². The Kier molecular flexibility index (Phi) is 5.85. The number of fused-ring (bicyclic) bond motifs is 1. The van der Waals surface area contributed by atoms with Gasteiger partial charge in [0.05, 0.1) is 29.2 Å². The van der Waals surface area contributed by atoms with Crippen molar-refractivity contribution in [2.75, 3.05) is 26.9 Å². The van der Waals surface area contributed by atoms with Gasteiger partial charge in [0.15, 0.2) is 0 Å². The number of hydrogen-bond acceptors (Lipinski definition) is 6. The molecule has 2 aliphatic heterocycles. The molecule has 0 radical (unpaired) electrons. The van der Waals surface area contributed by atoms with E-state index in [0.29, 0.717) is 13.0 Å². The molecule has 0 spiro atoms. The van der Waals surface area contributed by atoms with Crippen LogP contribution in [0.4, 0.5) is 0 Å². The molecule has 0 aromatic heterocycles. The summed E-state index contributed by atoms with van der Waals surface area (Å²) >= 11 is 0. The normalized spacial score (nSPS) is 26.0. The lowest BCUT2D eigenvalue weighted by atomic mass is 9.89. The maximum Gasteiger partial charge on any atom is 0.243 e. The van der Waals surface area contributed by atoms with Gasteiger partial charge in [-0.15, -0.1) is 0 Å². The van der Waals surface area contributed by atoms with Gasteiger partial charge >= 0.3 is 0 Å². The molecule has 8 nitrogen and oxygen atoms in total. The zero-order valence-electron chi connectivity index (χ0n) is 17.4. The molecule has 3 atom stereocenters. The molecular formula is C19H29N3O5S2. The van der Waals surface area contributed by atoms with Crippen LogP contribution in [0.5, 0.6) is 0 Å². The number of carbonyl (C=O) groups is 1. The summed E-state index contributed by atoms with van der Waals surface area (Å²) in [6, 6.07) is 5.40. The first-order valence-electron chi connectivity index (χ1n) is 9.64. The van der Waals surface area contributed by atoms with Crippen molar-refractivity contribution >= 4 is 26.0 Å². The molecule has 10 heteroatoms. The highest BCUT2D eigenvalue weighted by Crippen LogP contribution is 2.43. The lowest BCUT2D eigenvalue weighted by Crippen LogP contribution is -2.44. The van der Waals surface area contributed by atoms with Gasteiger partial charge in [-0.2, -0.15) is 4.31 Å². The second-order valence-electron chi connectivity index (χ2n) is 8.51. The van der Waals surface area contributed by atoms with Crippen LogP contribution in [0.1, 0.15) is 25.8 Å². The highest BCUT2D eigenvalue weighted by molar-refractivity contribution is 7.89. The van der Waals surface area contributed by atoms with Crippen LogP contribution in [-0.4, -0.2) is 75.2 Å². The Morgan fingerprint density at radius 3 is 2.17 bits per heavy atom. The Morgan fingerprint density at radius 1 is 1.10 bits per heavy atom. The van der Waals surface area contributed by atoms with E-state index >= 15 is 0 Å². The van der Waals surface area contributed by atoms with Gasteiger partial charge < -0.3 is 4.90 Å². The van der Waals surface area contributed by atoms with E-state index in [-0.39, 0.29) is 17.4 Å². The number of rotatable bonds is 6. The van der Waals surface area contributed by atoms with E-state index in [1.54, 1.807) is 24.3 Å². The maximum atomic E-state index is 13.4. The first-order valence-corrected chi connectivity index (χ1v) is 12.9. The third-order valence-corrected chi connectivity index (χ3v) is 8.72. The van der Waals surface area contributed by atoms with Crippen LogP contribution >= 0.6 is 0 Å². The minimum Gasteiger partial charge on any atom is -0.305 e. The Morgan fingerprint density at radius 2 is 1.69 bits per heavy atom. The second kappa shape index (κ2) is 7.64. The molecule has 0 aliphatic carbocycles. The van der Waals surface area contributed by atoms with E-state index in [1.165, 1.54) is 4.31 Å². The molecule has 162 valence electrons. The van der Waals surface area contributed by atoms with Gasteiger partial charge in [0.25, 0.3) is 0 Å². The van der Waals surface area contributed by atoms with Gasteiger partial charge in [0, 0.05) is 13.1 Å². The molecule has 2 aliphatic rings. The molecule has 0 unspecified atom stereocenters. The highest BCUT2D eigenvalue weighted by atomic mass is 32.2. The number of carbonyl (C=O) groups excluding carboxylic acids is 1. The fourth-order valence-electron chi connectivity index (χ4n) is 4.54. The molecule has 0 bridgehead atoms. The minimum atomic E-state index is -3.85. The standard InChI is InChI=1S/C19H29N3O5S2/c1-13(2)17-18-16(22(19(17)23)28(5,24)25)10-11-21(18)29(26,27)15-8-6-14(7-9-15)12-20(3)4/h6-9,13,16-18H,10-12H2,1-5H3/t16-,17+,18-/m0/s1. The van der Waals surface area contributed by atoms with Crippen molar-refractivity contribution in [3.63, 3.8) is 0 Å². The van der Waals surface area contributed by atoms with Crippen molar-refractivity contribution in [1.82, 2.24) is 13.5 Å². The second-order valence-corrected chi connectivity index (χ2v) is 12.3. The third-order valence-electron chi connectivity index (χ3n) is 5.65. The van der Waals surface area contributed by atoms with Gasteiger partial charge in [-0.25, -0.2) is 21.1 Å². The number of nitrogens with zero attached hydrogens (tertiary/aromatic N) is 3. The number of amides is 1. The van der Waals surface area contributed by atoms with Crippen LogP contribution in [0, 0.1) is 11.8 Å². The molecular weight excluding hydrogens is 414 g/mol. The van der Waals surface area contributed by atoms with Gasteiger partial charge in [-0.05, 0) is 44.1 Å². The third kappa shape index (κ3) is 3.95. The molecule has 2 heterocycles. The van der Waals surface area contributed by atoms with Crippen molar-refractivity contribution in [1.29, 1.82) is 0 Å². The van der Waals surface area contributed by atoms with Crippen molar-refractivity contribution in [2.45, 2.75) is 43.8 Å². The minimum absolute atomic E-state index is 0.161. The summed E-state index contributed by atoms with van der Waals surface area (Å²) in [7, 11) is -3.74. The summed E-state index contributed by atoms with van der Waals surface area (Å²) in [5.74, 6) is -1.36. The van der Waals surface area contributed by atoms with Crippen LogP contribution < -0.4 is 0 Å². The summed E-state index contributed by atoms with van der Waals surface area (Å²) in [6.07, 6.45) is 1.32. The molecule has 3 rings (SSSR count). The van der Waals surface area contributed by atoms with Crippen molar-refractivity contribution in [3.8, 4) is 0 Å². The summed E-state index contributed by atoms with van der Waals surface area (Å²) in [5, 5.41) is 0. The molecule has 29 heavy (non-hydrogen) atoms. The van der Waals surface area contributed by atoms with Crippen LogP contribution in [-0.2, 0) is 31.4 Å². The first kappa shape index (κ1) is 22.2. The van der Waals surface area contributed by atoms with Gasteiger partial charge in [-0.3, -0.25) is 4.79 Å². The average Bonchev–Trinajstić information content (AvgIpc) is 3.10. The smallest absolute Gasteiger partial charge is 0.243 e. The van der Waals surface area contributed by atoms with E-state index in [2.05, 4.69) is 0 Å². The molecule has 1 aromatic carbocycles. The number of hydrogen-bond donors (Lipinski definition) is 0. The molecule has 0 N–H and O–H groups in total. The van der Waals surface area contributed by atoms with Crippen molar-refractivity contribution in [2.24, 2.45) is 11.8 Å². The topological polar surface area (TPSA) is 95.1 Å².